The summed E-state index contributed by atoms with van der Waals surface area (Å²) in [6.45, 7) is 0. The van der Waals surface area contributed by atoms with Crippen LogP contribution in [0.3, 0.4) is 0 Å². The summed E-state index contributed by atoms with van der Waals surface area (Å²) in [5.74, 6) is -0.0938. The monoisotopic (exact) mass is 293 g/mol. The van der Waals surface area contributed by atoms with Crippen molar-refractivity contribution in [2.24, 2.45) is 0 Å². The Kier molecular flexibility index (Phi) is 4.91. The maximum atomic E-state index is 12.2. The van der Waals surface area contributed by atoms with E-state index in [0.717, 1.165) is 0 Å². The SMILES string of the molecule is Nc1cccc(S)c1C(=O)c1ccccc1.[Zn]. The van der Waals surface area contributed by atoms with E-state index >= 15 is 0 Å². The summed E-state index contributed by atoms with van der Waals surface area (Å²) in [4.78, 5) is 12.8. The molecule has 2 aromatic rings. The Morgan fingerprint density at radius 1 is 1.00 bits per heavy atom. The second kappa shape index (κ2) is 5.99. The van der Waals surface area contributed by atoms with E-state index in [1.165, 1.54) is 0 Å². The molecule has 0 spiro atoms. The second-order valence-electron chi connectivity index (χ2n) is 3.44. The molecular weight excluding hydrogens is 284 g/mol. The molecule has 0 saturated heterocycles. The fraction of sp³-hybridized carbons (Fsp3) is 0. The summed E-state index contributed by atoms with van der Waals surface area (Å²) < 4.78 is 0. The van der Waals surface area contributed by atoms with Crippen molar-refractivity contribution in [1.29, 1.82) is 0 Å². The minimum Gasteiger partial charge on any atom is -0.398 e. The van der Waals surface area contributed by atoms with Crippen molar-refractivity contribution in [2.45, 2.75) is 4.90 Å². The number of thiol groups is 1. The fourth-order valence-electron chi connectivity index (χ4n) is 1.54. The Morgan fingerprint density at radius 3 is 2.24 bits per heavy atom. The summed E-state index contributed by atoms with van der Waals surface area (Å²) in [5, 5.41) is 0. The Morgan fingerprint density at radius 2 is 1.65 bits per heavy atom. The predicted molar refractivity (Wildman–Crippen MR) is 68.0 cm³/mol. The number of benzene rings is 2. The minimum atomic E-state index is -0.0938. The Bertz CT molecular complexity index is 508. The van der Waals surface area contributed by atoms with Crippen LogP contribution < -0.4 is 5.73 Å². The van der Waals surface area contributed by atoms with E-state index in [2.05, 4.69) is 12.6 Å². The second-order valence-corrected chi connectivity index (χ2v) is 3.92. The van der Waals surface area contributed by atoms with Crippen LogP contribution in [0.5, 0.6) is 0 Å². The van der Waals surface area contributed by atoms with Gasteiger partial charge in [-0.1, -0.05) is 36.4 Å². The summed E-state index contributed by atoms with van der Waals surface area (Å²) in [6.07, 6.45) is 0. The smallest absolute Gasteiger partial charge is 0.196 e. The van der Waals surface area contributed by atoms with Crippen LogP contribution in [0.15, 0.2) is 53.4 Å². The van der Waals surface area contributed by atoms with Gasteiger partial charge in [0.2, 0.25) is 0 Å². The first-order chi connectivity index (χ1) is 7.70. The number of nitrogens with two attached hydrogens (primary N) is 1. The minimum absolute atomic E-state index is 0. The van der Waals surface area contributed by atoms with E-state index in [-0.39, 0.29) is 25.3 Å². The van der Waals surface area contributed by atoms with Crippen molar-refractivity contribution < 1.29 is 24.3 Å². The van der Waals surface area contributed by atoms with E-state index in [1.807, 2.05) is 18.2 Å². The molecule has 0 radical (unpaired) electrons. The molecule has 0 fully saturated rings. The number of ketones is 1. The predicted octanol–water partition coefficient (Wildman–Crippen LogP) is 2.79. The van der Waals surface area contributed by atoms with Crippen LogP contribution in [0.2, 0.25) is 0 Å². The number of anilines is 1. The van der Waals surface area contributed by atoms with Crippen molar-refractivity contribution in [2.75, 3.05) is 5.73 Å². The molecule has 0 heterocycles. The van der Waals surface area contributed by atoms with Gasteiger partial charge in [0.25, 0.3) is 0 Å². The number of rotatable bonds is 2. The van der Waals surface area contributed by atoms with E-state index < -0.39 is 0 Å². The van der Waals surface area contributed by atoms with Crippen LogP contribution in [0.25, 0.3) is 0 Å². The van der Waals surface area contributed by atoms with E-state index in [4.69, 9.17) is 5.73 Å². The van der Waals surface area contributed by atoms with Gasteiger partial charge in [-0.2, -0.15) is 0 Å². The summed E-state index contributed by atoms with van der Waals surface area (Å²) in [6, 6.07) is 14.3. The number of hydrogen-bond donors (Lipinski definition) is 2. The van der Waals surface area contributed by atoms with Gasteiger partial charge in [0.05, 0.1) is 5.56 Å². The van der Waals surface area contributed by atoms with Crippen LogP contribution >= 0.6 is 12.6 Å². The summed E-state index contributed by atoms with van der Waals surface area (Å²) in [5.41, 5.74) is 7.34. The van der Waals surface area contributed by atoms with Gasteiger partial charge in [0.15, 0.2) is 5.78 Å². The first kappa shape index (κ1) is 13.9. The van der Waals surface area contributed by atoms with E-state index in [1.54, 1.807) is 30.3 Å². The fourth-order valence-corrected chi connectivity index (χ4v) is 1.86. The van der Waals surface area contributed by atoms with Gasteiger partial charge in [-0.05, 0) is 12.1 Å². The van der Waals surface area contributed by atoms with Crippen molar-refractivity contribution in [1.82, 2.24) is 0 Å². The molecule has 2 rings (SSSR count). The number of nitrogen functional groups attached to an aromatic ring is 1. The topological polar surface area (TPSA) is 43.1 Å². The van der Waals surface area contributed by atoms with Gasteiger partial charge < -0.3 is 5.73 Å². The van der Waals surface area contributed by atoms with Crippen molar-refractivity contribution in [3.8, 4) is 0 Å². The van der Waals surface area contributed by atoms with E-state index in [0.29, 0.717) is 21.7 Å². The summed E-state index contributed by atoms with van der Waals surface area (Å²) in [7, 11) is 0. The average molecular weight is 295 g/mol. The molecule has 0 aliphatic heterocycles. The van der Waals surface area contributed by atoms with Crippen LogP contribution in [0.1, 0.15) is 15.9 Å². The molecule has 2 N–H and O–H groups in total. The molecular formula is C13H11NOSZn. The van der Waals surface area contributed by atoms with Crippen molar-refractivity contribution in [3.63, 3.8) is 0 Å². The first-order valence-electron chi connectivity index (χ1n) is 4.87. The molecule has 17 heavy (non-hydrogen) atoms. The summed E-state index contributed by atoms with van der Waals surface area (Å²) >= 11 is 4.26. The maximum absolute atomic E-state index is 12.2. The average Bonchev–Trinajstić information content (AvgIpc) is 2.30. The van der Waals surface area contributed by atoms with Gasteiger partial charge in [0, 0.05) is 35.6 Å². The molecule has 82 valence electrons. The van der Waals surface area contributed by atoms with Crippen LogP contribution in [-0.2, 0) is 19.5 Å². The van der Waals surface area contributed by atoms with Crippen molar-refractivity contribution in [3.05, 3.63) is 59.7 Å². The molecule has 0 aromatic heterocycles. The molecule has 2 nitrogen and oxygen atoms in total. The molecule has 4 heteroatoms. The largest absolute Gasteiger partial charge is 0.398 e. The van der Waals surface area contributed by atoms with Crippen LogP contribution in [0.4, 0.5) is 5.69 Å². The van der Waals surface area contributed by atoms with Crippen LogP contribution in [-0.4, -0.2) is 5.78 Å². The van der Waals surface area contributed by atoms with Crippen molar-refractivity contribution >= 4 is 24.1 Å². The molecule has 0 aliphatic rings. The zero-order chi connectivity index (χ0) is 11.5. The normalized spacial score (nSPS) is 9.47. The molecule has 0 unspecified atom stereocenters. The zero-order valence-electron chi connectivity index (χ0n) is 9.26. The molecule has 0 saturated carbocycles. The van der Waals surface area contributed by atoms with Gasteiger partial charge in [-0.15, -0.1) is 12.6 Å². The number of carbonyl (C=O) groups is 1. The standard InChI is InChI=1S/C13H11NOS.Zn/c14-10-7-4-8-11(16)12(10)13(15)9-5-2-1-3-6-9;/h1-8,16H,14H2;. The Balaban J connectivity index is 0.00000144. The molecule has 0 atom stereocenters. The molecule has 2 aromatic carbocycles. The third-order valence-electron chi connectivity index (χ3n) is 2.34. The first-order valence-corrected chi connectivity index (χ1v) is 5.32. The Labute approximate surface area is 118 Å². The van der Waals surface area contributed by atoms with Gasteiger partial charge in [-0.3, -0.25) is 4.79 Å². The zero-order valence-corrected chi connectivity index (χ0v) is 13.1. The Hall–Kier alpha value is -1.12. The van der Waals surface area contributed by atoms with Gasteiger partial charge >= 0.3 is 0 Å². The maximum Gasteiger partial charge on any atom is 0.196 e. The third kappa shape index (κ3) is 2.96. The van der Waals surface area contributed by atoms with Crippen LogP contribution in [0, 0.1) is 0 Å². The molecule has 0 aliphatic carbocycles. The number of hydrogen-bond acceptors (Lipinski definition) is 3. The van der Waals surface area contributed by atoms with Gasteiger partial charge in [-0.25, -0.2) is 0 Å². The van der Waals surface area contributed by atoms with Gasteiger partial charge in [0.1, 0.15) is 0 Å². The molecule has 0 amide bonds. The molecule has 0 bridgehead atoms. The van der Waals surface area contributed by atoms with E-state index in [9.17, 15) is 4.79 Å². The number of carbonyl (C=O) groups excluding carboxylic acids is 1. The third-order valence-corrected chi connectivity index (χ3v) is 2.71. The quantitative estimate of drug-likeness (QED) is 0.387.